The first-order valence-electron chi connectivity index (χ1n) is 13.3. The van der Waals surface area contributed by atoms with Gasteiger partial charge in [-0.1, -0.05) is 41.2 Å². The standard InChI is InChI=1S/C32H31N3O5S/c1-7-40-31(38)27-20(4)33-32-35(28(27)22-10-8-18(2)9-11-22)29(36)26(41-32)17-24-16-19(3)34(21(24)5)25-14-12-23(13-15-25)30(37)39-6/h8-17,28H,7H2,1-6H3/b26-17+/t28-/m1/s1. The van der Waals surface area contributed by atoms with Crippen molar-refractivity contribution in [2.45, 2.75) is 40.7 Å². The highest BCUT2D eigenvalue weighted by Crippen LogP contribution is 2.31. The summed E-state index contributed by atoms with van der Waals surface area (Å²) in [6, 6.07) is 16.4. The van der Waals surface area contributed by atoms with Gasteiger partial charge in [-0.25, -0.2) is 14.6 Å². The second-order valence-electron chi connectivity index (χ2n) is 9.91. The molecule has 2 aromatic heterocycles. The molecule has 3 heterocycles. The van der Waals surface area contributed by atoms with Gasteiger partial charge < -0.3 is 14.0 Å². The molecular weight excluding hydrogens is 538 g/mol. The van der Waals surface area contributed by atoms with E-state index in [1.807, 2.05) is 69.3 Å². The van der Waals surface area contributed by atoms with Crippen LogP contribution in [0.3, 0.4) is 0 Å². The quantitative estimate of drug-likeness (QED) is 0.323. The maximum absolute atomic E-state index is 14.0. The number of benzene rings is 2. The fourth-order valence-corrected chi connectivity index (χ4v) is 6.23. The lowest BCUT2D eigenvalue weighted by Gasteiger charge is -2.24. The van der Waals surface area contributed by atoms with Gasteiger partial charge in [0.2, 0.25) is 0 Å². The summed E-state index contributed by atoms with van der Waals surface area (Å²) in [5, 5.41) is 0. The van der Waals surface area contributed by atoms with Crippen molar-refractivity contribution in [2.75, 3.05) is 13.7 Å². The van der Waals surface area contributed by atoms with Crippen LogP contribution < -0.4 is 14.9 Å². The topological polar surface area (TPSA) is 91.9 Å². The van der Waals surface area contributed by atoms with E-state index >= 15 is 0 Å². The van der Waals surface area contributed by atoms with Gasteiger partial charge in [0.25, 0.3) is 5.56 Å². The number of fused-ring (bicyclic) bond motifs is 1. The molecule has 5 rings (SSSR count). The van der Waals surface area contributed by atoms with Gasteiger partial charge in [-0.15, -0.1) is 0 Å². The lowest BCUT2D eigenvalue weighted by molar-refractivity contribution is -0.139. The van der Waals surface area contributed by atoms with Gasteiger partial charge in [0.15, 0.2) is 4.80 Å². The average molecular weight is 570 g/mol. The van der Waals surface area contributed by atoms with Gasteiger partial charge in [0, 0.05) is 17.1 Å². The zero-order chi connectivity index (χ0) is 29.4. The summed E-state index contributed by atoms with van der Waals surface area (Å²) in [6.45, 7) is 9.74. The van der Waals surface area contributed by atoms with E-state index in [2.05, 4.69) is 9.56 Å². The van der Waals surface area contributed by atoms with E-state index < -0.39 is 12.0 Å². The van der Waals surface area contributed by atoms with Crippen LogP contribution in [0, 0.1) is 20.8 Å². The van der Waals surface area contributed by atoms with E-state index in [0.29, 0.717) is 26.2 Å². The third-order valence-corrected chi connectivity index (χ3v) is 8.20. The number of aryl methyl sites for hydroxylation is 2. The molecule has 1 aliphatic rings. The Labute approximate surface area is 241 Å². The van der Waals surface area contributed by atoms with E-state index in [-0.39, 0.29) is 18.1 Å². The van der Waals surface area contributed by atoms with Crippen molar-refractivity contribution < 1.29 is 19.1 Å². The highest BCUT2D eigenvalue weighted by Gasteiger charge is 2.33. The minimum Gasteiger partial charge on any atom is -0.465 e. The summed E-state index contributed by atoms with van der Waals surface area (Å²) in [5.74, 6) is -0.866. The Morgan fingerprint density at radius 3 is 2.32 bits per heavy atom. The van der Waals surface area contributed by atoms with Crippen LogP contribution in [0.5, 0.6) is 0 Å². The predicted octanol–water partition coefficient (Wildman–Crippen LogP) is 4.30. The maximum atomic E-state index is 14.0. The molecule has 2 aromatic carbocycles. The van der Waals surface area contributed by atoms with Gasteiger partial charge in [-0.05, 0) is 82.2 Å². The Bertz CT molecular complexity index is 1870. The predicted molar refractivity (Wildman–Crippen MR) is 158 cm³/mol. The number of rotatable bonds is 6. The SMILES string of the molecule is CCOC(=O)C1=C(C)N=c2s/c(=C/c3cc(C)n(-c4ccc(C(=O)OC)cc4)c3C)c(=O)n2[C@@H]1c1ccc(C)cc1. The highest BCUT2D eigenvalue weighted by molar-refractivity contribution is 7.07. The Morgan fingerprint density at radius 1 is 1.00 bits per heavy atom. The first kappa shape index (κ1) is 28.0. The summed E-state index contributed by atoms with van der Waals surface area (Å²) < 4.78 is 14.4. The number of esters is 2. The summed E-state index contributed by atoms with van der Waals surface area (Å²) in [4.78, 5) is 44.1. The highest BCUT2D eigenvalue weighted by atomic mass is 32.1. The first-order valence-corrected chi connectivity index (χ1v) is 14.1. The van der Waals surface area contributed by atoms with Crippen LogP contribution in [-0.4, -0.2) is 34.8 Å². The average Bonchev–Trinajstić information content (AvgIpc) is 3.41. The fourth-order valence-electron chi connectivity index (χ4n) is 5.19. The van der Waals surface area contributed by atoms with Crippen LogP contribution in [0.25, 0.3) is 11.8 Å². The van der Waals surface area contributed by atoms with Gasteiger partial charge in [0.05, 0.1) is 41.1 Å². The Balaban J connectivity index is 1.64. The summed E-state index contributed by atoms with van der Waals surface area (Å²) in [6.07, 6.45) is 1.88. The number of carbonyl (C=O) groups is 2. The molecule has 1 atom stereocenters. The molecule has 8 nitrogen and oxygen atoms in total. The fraction of sp³-hybridized carbons (Fsp3) is 0.250. The number of hydrogen-bond acceptors (Lipinski definition) is 7. The minimum atomic E-state index is -0.645. The van der Waals surface area contributed by atoms with Crippen molar-refractivity contribution in [1.82, 2.24) is 9.13 Å². The Kier molecular flexibility index (Phi) is 7.64. The van der Waals surface area contributed by atoms with Crippen molar-refractivity contribution in [3.05, 3.63) is 119 Å². The smallest absolute Gasteiger partial charge is 0.338 e. The molecule has 0 bridgehead atoms. The summed E-state index contributed by atoms with van der Waals surface area (Å²) >= 11 is 1.30. The molecule has 1 aliphatic heterocycles. The van der Waals surface area contributed by atoms with Gasteiger partial charge in [-0.3, -0.25) is 9.36 Å². The first-order chi connectivity index (χ1) is 19.6. The third kappa shape index (κ3) is 5.09. The van der Waals surface area contributed by atoms with Crippen LogP contribution in [-0.2, 0) is 14.3 Å². The Morgan fingerprint density at radius 2 is 1.68 bits per heavy atom. The second-order valence-corrected chi connectivity index (χ2v) is 10.9. The van der Waals surface area contributed by atoms with Gasteiger partial charge in [0.1, 0.15) is 0 Å². The van der Waals surface area contributed by atoms with E-state index in [9.17, 15) is 14.4 Å². The number of methoxy groups -OCH3 is 1. The van der Waals surface area contributed by atoms with E-state index in [4.69, 9.17) is 9.47 Å². The van der Waals surface area contributed by atoms with Crippen LogP contribution >= 0.6 is 11.3 Å². The molecule has 210 valence electrons. The van der Waals surface area contributed by atoms with Gasteiger partial charge >= 0.3 is 11.9 Å². The molecule has 41 heavy (non-hydrogen) atoms. The van der Waals surface area contributed by atoms with E-state index in [1.54, 1.807) is 30.5 Å². The number of allylic oxidation sites excluding steroid dienone is 1. The lowest BCUT2D eigenvalue weighted by Crippen LogP contribution is -2.39. The van der Waals surface area contributed by atoms with Crippen molar-refractivity contribution >= 4 is 29.4 Å². The van der Waals surface area contributed by atoms with E-state index in [0.717, 1.165) is 33.8 Å². The van der Waals surface area contributed by atoms with Crippen molar-refractivity contribution in [3.8, 4) is 5.69 Å². The molecular formula is C32H31N3O5S. The Hall–Kier alpha value is -4.50. The summed E-state index contributed by atoms with van der Waals surface area (Å²) in [7, 11) is 1.36. The molecule has 0 aliphatic carbocycles. The number of nitrogens with zero attached hydrogens (tertiary/aromatic N) is 3. The number of aromatic nitrogens is 2. The largest absolute Gasteiger partial charge is 0.465 e. The number of carbonyl (C=O) groups excluding carboxylic acids is 2. The third-order valence-electron chi connectivity index (χ3n) is 7.21. The number of ether oxygens (including phenoxy) is 2. The molecule has 0 saturated heterocycles. The summed E-state index contributed by atoms with van der Waals surface area (Å²) in [5.41, 5.74) is 6.74. The molecule has 0 amide bonds. The van der Waals surface area contributed by atoms with Crippen molar-refractivity contribution in [3.63, 3.8) is 0 Å². The molecule has 0 saturated carbocycles. The van der Waals surface area contributed by atoms with Crippen molar-refractivity contribution in [1.29, 1.82) is 0 Å². The zero-order valence-electron chi connectivity index (χ0n) is 23.8. The lowest BCUT2D eigenvalue weighted by atomic mass is 9.95. The van der Waals surface area contributed by atoms with Gasteiger partial charge in [-0.2, -0.15) is 0 Å². The monoisotopic (exact) mass is 569 g/mol. The normalized spacial score (nSPS) is 15.0. The van der Waals surface area contributed by atoms with Crippen molar-refractivity contribution in [2.24, 2.45) is 4.99 Å². The number of thiazole rings is 1. The molecule has 0 fully saturated rings. The molecule has 0 N–H and O–H groups in total. The maximum Gasteiger partial charge on any atom is 0.338 e. The number of hydrogen-bond donors (Lipinski definition) is 0. The molecule has 0 unspecified atom stereocenters. The van der Waals surface area contributed by atoms with Crippen LogP contribution in [0.1, 0.15) is 58.3 Å². The molecule has 0 radical (unpaired) electrons. The van der Waals surface area contributed by atoms with E-state index in [1.165, 1.54) is 18.4 Å². The van der Waals surface area contributed by atoms with Crippen LogP contribution in [0.2, 0.25) is 0 Å². The molecule has 4 aromatic rings. The second kappa shape index (κ2) is 11.2. The van der Waals surface area contributed by atoms with Crippen LogP contribution in [0.15, 0.2) is 75.7 Å². The zero-order valence-corrected chi connectivity index (χ0v) is 24.7. The minimum absolute atomic E-state index is 0.221. The molecule has 0 spiro atoms. The molecule has 9 heteroatoms. The van der Waals surface area contributed by atoms with Crippen LogP contribution in [0.4, 0.5) is 0 Å².